The van der Waals surface area contributed by atoms with Gasteiger partial charge in [0.25, 0.3) is 0 Å². The first-order valence-electron chi connectivity index (χ1n) is 22.5. The van der Waals surface area contributed by atoms with Crippen LogP contribution in [0.3, 0.4) is 0 Å². The molecule has 0 radical (unpaired) electrons. The number of rotatable bonds is 6. The first-order valence-corrected chi connectivity index (χ1v) is 18.5. The van der Waals surface area contributed by atoms with E-state index in [1.165, 1.54) is 4.90 Å². The van der Waals surface area contributed by atoms with Crippen LogP contribution in [0.1, 0.15) is 11.0 Å². The Morgan fingerprint density at radius 3 is 1.46 bits per heavy atom. The first-order chi connectivity index (χ1) is 31.1. The van der Waals surface area contributed by atoms with Gasteiger partial charge in [-0.3, -0.25) is 0 Å². The van der Waals surface area contributed by atoms with Crippen molar-refractivity contribution >= 4 is 71.3 Å². The zero-order valence-electron chi connectivity index (χ0n) is 37.9. The highest BCUT2D eigenvalue weighted by Gasteiger charge is 2.21. The van der Waals surface area contributed by atoms with E-state index in [2.05, 4.69) is 6.07 Å². The molecule has 0 spiro atoms. The highest BCUT2D eigenvalue weighted by atomic mass is 16.3. The molecule has 11 aromatic rings. The van der Waals surface area contributed by atoms with E-state index >= 15 is 0 Å². The van der Waals surface area contributed by atoms with Crippen LogP contribution in [0.2, 0.25) is 0 Å². The van der Waals surface area contributed by atoms with Crippen molar-refractivity contribution in [2.24, 2.45) is 0 Å². The smallest absolute Gasteiger partial charge is 0.143 e. The summed E-state index contributed by atoms with van der Waals surface area (Å²) in [5, 5.41) is 7.41. The molecule has 1 heterocycles. The van der Waals surface area contributed by atoms with Crippen LogP contribution in [-0.2, 0) is 0 Å². The molecule has 0 atom stereocenters. The van der Waals surface area contributed by atoms with Crippen molar-refractivity contribution in [1.29, 1.82) is 0 Å². The number of fused-ring (bicyclic) bond motifs is 7. The number of nitrogens with zero attached hydrogens (tertiary/aromatic N) is 1. The molecule has 262 valence electrons. The third-order valence-electron chi connectivity index (χ3n) is 10.6. The molecule has 0 saturated heterocycles. The summed E-state index contributed by atoms with van der Waals surface area (Å²) < 4.78 is 83.6. The number of anilines is 3. The highest BCUT2D eigenvalue weighted by Crippen LogP contribution is 2.45. The third kappa shape index (κ3) is 5.42. The standard InChI is InChI=1S/C54H35NO/c1-3-13-41-34-43(22-20-36(41)10-1)38-24-29-45(30-25-38)55(46-31-26-39(27-32-46)44-23-21-37-11-2-4-14-42(37)35-44)52-19-8-7-16-48(52)49-17-9-18-50-51-33-28-40-12-5-6-15-47(40)53(51)56-54(49)50/h1-35H/i24D,25D,26D,27D,29D,30D,31D,32D. The van der Waals surface area contributed by atoms with Gasteiger partial charge in [0.1, 0.15) is 11.2 Å². The number of hydrogen-bond acceptors (Lipinski definition) is 2. The fraction of sp³-hybridized carbons (Fsp3) is 0. The van der Waals surface area contributed by atoms with Crippen molar-refractivity contribution in [1.82, 2.24) is 0 Å². The number of furan rings is 1. The zero-order chi connectivity index (χ0) is 44.0. The maximum atomic E-state index is 9.71. The Kier molecular flexibility index (Phi) is 5.83. The Bertz CT molecular complexity index is 3540. The summed E-state index contributed by atoms with van der Waals surface area (Å²) >= 11 is 0. The predicted molar refractivity (Wildman–Crippen MR) is 237 cm³/mol. The van der Waals surface area contributed by atoms with Crippen LogP contribution in [0.5, 0.6) is 0 Å². The molecule has 0 unspecified atom stereocenters. The maximum absolute atomic E-state index is 9.71. The van der Waals surface area contributed by atoms with E-state index in [0.29, 0.717) is 39.1 Å². The van der Waals surface area contributed by atoms with Gasteiger partial charge < -0.3 is 9.32 Å². The number of benzene rings is 10. The molecule has 0 aliphatic carbocycles. The van der Waals surface area contributed by atoms with Crippen molar-refractivity contribution in [2.75, 3.05) is 4.90 Å². The minimum atomic E-state index is -0.414. The summed E-state index contributed by atoms with van der Waals surface area (Å²) in [6.07, 6.45) is 0. The van der Waals surface area contributed by atoms with Crippen LogP contribution in [0.25, 0.3) is 87.6 Å². The fourth-order valence-electron chi connectivity index (χ4n) is 7.80. The predicted octanol–water partition coefficient (Wildman–Crippen LogP) is 15.5. The molecule has 1 aromatic heterocycles. The average Bonchev–Trinajstić information content (AvgIpc) is 3.72. The van der Waals surface area contributed by atoms with Gasteiger partial charge in [0.15, 0.2) is 0 Å². The normalized spacial score (nSPS) is 13.6. The van der Waals surface area contributed by atoms with E-state index in [9.17, 15) is 11.0 Å². The minimum absolute atomic E-state index is 0.100. The molecule has 11 rings (SSSR count). The van der Waals surface area contributed by atoms with Gasteiger partial charge in [-0.15, -0.1) is 0 Å². The second-order valence-corrected chi connectivity index (χ2v) is 13.9. The lowest BCUT2D eigenvalue weighted by atomic mass is 9.98. The Balaban J connectivity index is 1.20. The molecule has 0 saturated carbocycles. The highest BCUT2D eigenvalue weighted by molar-refractivity contribution is 6.17. The van der Waals surface area contributed by atoms with E-state index in [4.69, 9.17) is 4.42 Å². The Hall–Kier alpha value is -7.42. The van der Waals surface area contributed by atoms with Gasteiger partial charge in [-0.25, -0.2) is 0 Å². The van der Waals surface area contributed by atoms with Crippen LogP contribution in [0.15, 0.2) is 217 Å². The number of para-hydroxylation sites is 2. The monoisotopic (exact) mass is 721 g/mol. The van der Waals surface area contributed by atoms with Crippen molar-refractivity contribution < 1.29 is 15.4 Å². The van der Waals surface area contributed by atoms with E-state index < -0.39 is 24.2 Å². The molecule has 0 bridgehead atoms. The summed E-state index contributed by atoms with van der Waals surface area (Å²) in [4.78, 5) is 1.38. The van der Waals surface area contributed by atoms with Crippen LogP contribution in [-0.4, -0.2) is 0 Å². The summed E-state index contributed by atoms with van der Waals surface area (Å²) in [6, 6.07) is 48.6. The molecule has 2 nitrogen and oxygen atoms in total. The van der Waals surface area contributed by atoms with Crippen molar-refractivity contribution in [3.05, 3.63) is 212 Å². The lowest BCUT2D eigenvalue weighted by molar-refractivity contribution is 0.674. The Labute approximate surface area is 336 Å². The van der Waals surface area contributed by atoms with Gasteiger partial charge in [-0.2, -0.15) is 0 Å². The Morgan fingerprint density at radius 2 is 0.821 bits per heavy atom. The topological polar surface area (TPSA) is 16.4 Å². The van der Waals surface area contributed by atoms with Crippen molar-refractivity contribution in [2.45, 2.75) is 0 Å². The van der Waals surface area contributed by atoms with Crippen molar-refractivity contribution in [3.8, 4) is 33.4 Å². The molecular weight excluding hydrogens is 679 g/mol. The molecule has 56 heavy (non-hydrogen) atoms. The molecule has 0 aliphatic heterocycles. The van der Waals surface area contributed by atoms with Gasteiger partial charge in [-0.05, 0) is 97.6 Å². The summed E-state index contributed by atoms with van der Waals surface area (Å²) in [6.45, 7) is 0. The van der Waals surface area contributed by atoms with Crippen LogP contribution >= 0.6 is 0 Å². The van der Waals surface area contributed by atoms with Gasteiger partial charge >= 0.3 is 0 Å². The number of hydrogen-bond donors (Lipinski definition) is 0. The molecule has 0 fully saturated rings. The summed E-state index contributed by atoms with van der Waals surface area (Å²) in [5.41, 5.74) is 3.52. The second-order valence-electron chi connectivity index (χ2n) is 13.9. The van der Waals surface area contributed by atoms with Gasteiger partial charge in [0, 0.05) is 38.7 Å². The van der Waals surface area contributed by atoms with Crippen LogP contribution in [0.4, 0.5) is 17.1 Å². The summed E-state index contributed by atoms with van der Waals surface area (Å²) in [5.74, 6) is 0. The van der Waals surface area contributed by atoms with E-state index in [-0.39, 0.29) is 46.7 Å². The van der Waals surface area contributed by atoms with E-state index in [0.717, 1.165) is 43.1 Å². The quantitative estimate of drug-likeness (QED) is 0.170. The van der Waals surface area contributed by atoms with Crippen LogP contribution in [0, 0.1) is 0 Å². The molecule has 0 amide bonds. The third-order valence-corrected chi connectivity index (χ3v) is 10.6. The fourth-order valence-corrected chi connectivity index (χ4v) is 7.80. The molecule has 2 heteroatoms. The SMILES string of the molecule is [2H]c1c([2H])c(N(c2ccccc2-c2cccc3c2oc2c4ccccc4ccc32)c2c([2H])c([2H])c(-c3ccc4ccccc4c3)c([2H])c2[2H])c([2H])c([2H])c1-c1ccc2ccccc2c1. The average molecular weight is 722 g/mol. The second kappa shape index (κ2) is 13.2. The van der Waals surface area contributed by atoms with E-state index in [1.807, 2.05) is 133 Å². The lowest BCUT2D eigenvalue weighted by Crippen LogP contribution is -2.11. The maximum Gasteiger partial charge on any atom is 0.143 e. The van der Waals surface area contributed by atoms with Gasteiger partial charge in [0.05, 0.1) is 16.7 Å². The zero-order valence-corrected chi connectivity index (χ0v) is 29.9. The summed E-state index contributed by atoms with van der Waals surface area (Å²) in [7, 11) is 0. The Morgan fingerprint density at radius 1 is 0.339 bits per heavy atom. The van der Waals surface area contributed by atoms with Crippen LogP contribution < -0.4 is 4.90 Å². The van der Waals surface area contributed by atoms with Gasteiger partial charge in [-0.1, -0.05) is 164 Å². The molecule has 10 aromatic carbocycles. The van der Waals surface area contributed by atoms with E-state index in [1.54, 1.807) is 24.3 Å². The first kappa shape index (κ1) is 24.8. The van der Waals surface area contributed by atoms with Gasteiger partial charge in [0.2, 0.25) is 0 Å². The largest absolute Gasteiger partial charge is 0.455 e. The molecule has 0 N–H and O–H groups in total. The lowest BCUT2D eigenvalue weighted by Gasteiger charge is -2.28. The minimum Gasteiger partial charge on any atom is -0.455 e. The van der Waals surface area contributed by atoms with Crippen molar-refractivity contribution in [3.63, 3.8) is 0 Å². The molecular formula is C54H35NO. The molecule has 0 aliphatic rings.